The van der Waals surface area contributed by atoms with E-state index in [-0.39, 0.29) is 30.3 Å². The topological polar surface area (TPSA) is 98.0 Å². The summed E-state index contributed by atoms with van der Waals surface area (Å²) in [5, 5.41) is 41.3. The second-order valence-electron chi connectivity index (χ2n) is 14.1. The van der Waals surface area contributed by atoms with Crippen molar-refractivity contribution in [3.8, 4) is 0 Å². The summed E-state index contributed by atoms with van der Waals surface area (Å²) in [7, 11) is 0. The van der Waals surface area contributed by atoms with Crippen LogP contribution in [0.2, 0.25) is 0 Å². The molecule has 0 bridgehead atoms. The van der Waals surface area contributed by atoms with Gasteiger partial charge in [-0.3, -0.25) is 4.79 Å². The molecule has 0 fully saturated rings. The molecular formula is C40H56O5. The van der Waals surface area contributed by atoms with Gasteiger partial charge < -0.3 is 20.4 Å². The number of aliphatic hydroxyl groups excluding tert-OH is 3. The fourth-order valence-corrected chi connectivity index (χ4v) is 6.28. The first-order valence-electron chi connectivity index (χ1n) is 16.0. The lowest BCUT2D eigenvalue weighted by Crippen LogP contribution is -2.48. The summed E-state index contributed by atoms with van der Waals surface area (Å²) in [6.07, 6.45) is 25.9. The SMILES string of the molecule is CC1=C[C@H](O)CC(C)(C)C1(O)/C=C/C(C)=C/C=C/C(C)=C/C=C/C=C(C)/C=C/C=C(\CO)C(=O)CC1=C(C)C[C@@H](O)CC1(C)C. The van der Waals surface area contributed by atoms with Crippen LogP contribution in [0.3, 0.4) is 0 Å². The van der Waals surface area contributed by atoms with E-state index in [1.807, 2.05) is 109 Å². The lowest BCUT2D eigenvalue weighted by molar-refractivity contribution is -0.115. The van der Waals surface area contributed by atoms with E-state index in [0.717, 1.165) is 33.4 Å². The number of Topliss-reactive ketones (excluding diaryl/α,β-unsaturated/α-hetero) is 1. The van der Waals surface area contributed by atoms with Crippen LogP contribution in [-0.4, -0.2) is 50.6 Å². The molecule has 246 valence electrons. The van der Waals surface area contributed by atoms with E-state index in [4.69, 9.17) is 0 Å². The molecule has 1 unspecified atom stereocenters. The second kappa shape index (κ2) is 16.5. The average Bonchev–Trinajstić information content (AvgIpc) is 2.92. The first-order valence-corrected chi connectivity index (χ1v) is 16.0. The molecule has 0 aromatic heterocycles. The Morgan fingerprint density at radius 3 is 1.91 bits per heavy atom. The van der Waals surface area contributed by atoms with Crippen molar-refractivity contribution in [1.29, 1.82) is 0 Å². The summed E-state index contributed by atoms with van der Waals surface area (Å²) in [4.78, 5) is 13.0. The third kappa shape index (κ3) is 11.0. The van der Waals surface area contributed by atoms with Crippen molar-refractivity contribution in [3.63, 3.8) is 0 Å². The number of hydrogen-bond donors (Lipinski definition) is 4. The molecule has 0 aliphatic heterocycles. The van der Waals surface area contributed by atoms with Crippen molar-refractivity contribution >= 4 is 5.78 Å². The van der Waals surface area contributed by atoms with Gasteiger partial charge in [0.05, 0.1) is 18.8 Å². The van der Waals surface area contributed by atoms with E-state index < -0.39 is 17.1 Å². The fraction of sp³-hybridized carbons (Fsp3) is 0.475. The zero-order valence-electron chi connectivity index (χ0n) is 28.9. The summed E-state index contributed by atoms with van der Waals surface area (Å²) in [5.74, 6) is -0.0873. The molecule has 0 spiro atoms. The maximum Gasteiger partial charge on any atom is 0.165 e. The van der Waals surface area contributed by atoms with E-state index in [0.29, 0.717) is 24.8 Å². The van der Waals surface area contributed by atoms with Gasteiger partial charge in [0, 0.05) is 17.4 Å². The molecule has 2 rings (SSSR count). The van der Waals surface area contributed by atoms with E-state index in [1.165, 1.54) is 0 Å². The van der Waals surface area contributed by atoms with Gasteiger partial charge in [0.2, 0.25) is 0 Å². The van der Waals surface area contributed by atoms with Gasteiger partial charge in [-0.25, -0.2) is 0 Å². The average molecular weight is 617 g/mol. The van der Waals surface area contributed by atoms with Gasteiger partial charge in [-0.2, -0.15) is 0 Å². The van der Waals surface area contributed by atoms with Crippen molar-refractivity contribution < 1.29 is 25.2 Å². The van der Waals surface area contributed by atoms with Crippen LogP contribution >= 0.6 is 0 Å². The molecule has 2 aliphatic rings. The van der Waals surface area contributed by atoms with E-state index >= 15 is 0 Å². The summed E-state index contributed by atoms with van der Waals surface area (Å²) in [5.41, 5.74) is 4.55. The minimum absolute atomic E-state index is 0.0873. The predicted molar refractivity (Wildman–Crippen MR) is 187 cm³/mol. The number of hydrogen-bond acceptors (Lipinski definition) is 5. The van der Waals surface area contributed by atoms with Gasteiger partial charge in [-0.05, 0) is 70.9 Å². The molecule has 0 amide bonds. The zero-order valence-corrected chi connectivity index (χ0v) is 28.9. The third-order valence-corrected chi connectivity index (χ3v) is 9.07. The highest BCUT2D eigenvalue weighted by Gasteiger charge is 2.46. The molecule has 4 N–H and O–H groups in total. The molecule has 0 saturated heterocycles. The van der Waals surface area contributed by atoms with Gasteiger partial charge in [0.25, 0.3) is 0 Å². The molecule has 45 heavy (non-hydrogen) atoms. The number of aliphatic hydroxyl groups is 4. The molecule has 0 aromatic rings. The molecule has 2 aliphatic carbocycles. The molecule has 0 aromatic carbocycles. The Bertz CT molecular complexity index is 1380. The smallest absolute Gasteiger partial charge is 0.165 e. The van der Waals surface area contributed by atoms with Crippen LogP contribution in [-0.2, 0) is 4.79 Å². The Morgan fingerprint density at radius 1 is 0.844 bits per heavy atom. The van der Waals surface area contributed by atoms with Gasteiger partial charge in [0.1, 0.15) is 5.60 Å². The summed E-state index contributed by atoms with van der Waals surface area (Å²) >= 11 is 0. The molecule has 5 heteroatoms. The lowest BCUT2D eigenvalue weighted by Gasteiger charge is -2.46. The molecule has 0 saturated carbocycles. The first-order chi connectivity index (χ1) is 20.9. The van der Waals surface area contributed by atoms with E-state index in [2.05, 4.69) is 13.8 Å². The number of allylic oxidation sites excluding steroid dienone is 15. The highest BCUT2D eigenvalue weighted by atomic mass is 16.3. The van der Waals surface area contributed by atoms with Crippen LogP contribution < -0.4 is 0 Å². The zero-order chi connectivity index (χ0) is 34.0. The van der Waals surface area contributed by atoms with Crippen molar-refractivity contribution in [2.45, 2.75) is 106 Å². The number of carbonyl (C=O) groups is 1. The monoisotopic (exact) mass is 616 g/mol. The van der Waals surface area contributed by atoms with Crippen molar-refractivity contribution in [3.05, 3.63) is 118 Å². The van der Waals surface area contributed by atoms with Gasteiger partial charge in [-0.15, -0.1) is 0 Å². The van der Waals surface area contributed by atoms with Crippen LogP contribution in [0.15, 0.2) is 118 Å². The number of carbonyl (C=O) groups excluding carboxylic acids is 1. The molecule has 0 radical (unpaired) electrons. The van der Waals surface area contributed by atoms with Crippen molar-refractivity contribution in [1.82, 2.24) is 0 Å². The third-order valence-electron chi connectivity index (χ3n) is 9.07. The number of rotatable bonds is 12. The minimum Gasteiger partial charge on any atom is -0.393 e. The maximum absolute atomic E-state index is 13.0. The Balaban J connectivity index is 1.97. The predicted octanol–water partition coefficient (Wildman–Crippen LogP) is 7.89. The summed E-state index contributed by atoms with van der Waals surface area (Å²) in [6.45, 7) is 17.6. The highest BCUT2D eigenvalue weighted by molar-refractivity contribution is 5.97. The Kier molecular flexibility index (Phi) is 13.9. The highest BCUT2D eigenvalue weighted by Crippen LogP contribution is 2.45. The maximum atomic E-state index is 13.0. The molecule has 5 nitrogen and oxygen atoms in total. The Morgan fingerprint density at radius 2 is 1.38 bits per heavy atom. The second-order valence-corrected chi connectivity index (χ2v) is 14.1. The van der Waals surface area contributed by atoms with Crippen LogP contribution in [0.5, 0.6) is 0 Å². The van der Waals surface area contributed by atoms with E-state index in [1.54, 1.807) is 18.2 Å². The quantitative estimate of drug-likeness (QED) is 0.102. The normalized spacial score (nSPS) is 27.0. The summed E-state index contributed by atoms with van der Waals surface area (Å²) < 4.78 is 0. The Labute approximate surface area is 271 Å². The largest absolute Gasteiger partial charge is 0.393 e. The van der Waals surface area contributed by atoms with Gasteiger partial charge in [0.15, 0.2) is 5.78 Å². The fourth-order valence-electron chi connectivity index (χ4n) is 6.28. The lowest BCUT2D eigenvalue weighted by atomic mass is 9.64. The standard InChI is InChI=1S/C40H56O5/c1-28(16-12-17-30(3)20-21-40(45)32(5)23-35(43)26-39(40,8)9)14-10-11-15-29(2)18-13-19-33(27-41)37(44)24-36-31(4)22-34(42)25-38(36,6)7/h10-21,23,34-35,41-43,45H,22,24-27H2,1-9H3/b11-10+,16-12+,18-13+,21-20+,28-14+,29-15+,30-17+,33-19+/t34-,35+,40?/m1/s1. The molecule has 3 atom stereocenters. The van der Waals surface area contributed by atoms with E-state index in [9.17, 15) is 25.2 Å². The van der Waals surface area contributed by atoms with Crippen molar-refractivity contribution in [2.24, 2.45) is 10.8 Å². The van der Waals surface area contributed by atoms with Gasteiger partial charge >= 0.3 is 0 Å². The van der Waals surface area contributed by atoms with Crippen LogP contribution in [0.1, 0.15) is 88.0 Å². The van der Waals surface area contributed by atoms with Crippen molar-refractivity contribution in [2.75, 3.05) is 6.61 Å². The van der Waals surface area contributed by atoms with Crippen LogP contribution in [0.4, 0.5) is 0 Å². The number of ketones is 1. The minimum atomic E-state index is -1.10. The first kappa shape index (κ1) is 38.1. The summed E-state index contributed by atoms with van der Waals surface area (Å²) in [6, 6.07) is 0. The van der Waals surface area contributed by atoms with Crippen LogP contribution in [0, 0.1) is 10.8 Å². The van der Waals surface area contributed by atoms with Gasteiger partial charge in [-0.1, -0.05) is 128 Å². The molecule has 0 heterocycles. The molecular weight excluding hydrogens is 560 g/mol. The van der Waals surface area contributed by atoms with Crippen LogP contribution in [0.25, 0.3) is 0 Å². The Hall–Kier alpha value is -3.09.